The Morgan fingerprint density at radius 3 is 2.68 bits per heavy atom. The number of amides is 1. The van der Waals surface area contributed by atoms with Crippen molar-refractivity contribution < 1.29 is 4.79 Å². The van der Waals surface area contributed by atoms with Crippen LogP contribution in [0.1, 0.15) is 38.3 Å². The van der Waals surface area contributed by atoms with Crippen LogP contribution in [0.15, 0.2) is 35.5 Å². The summed E-state index contributed by atoms with van der Waals surface area (Å²) in [6, 6.07) is 10.1. The first-order valence-corrected chi connectivity index (χ1v) is 8.24. The molecule has 1 amide bonds. The summed E-state index contributed by atoms with van der Waals surface area (Å²) in [4.78, 5) is 12.4. The highest BCUT2D eigenvalue weighted by molar-refractivity contribution is 8.00. The second-order valence-corrected chi connectivity index (χ2v) is 6.41. The SMILES string of the molecule is CCCC(NC(=O)C(C)Sc1nnnn1C)c1ccccc1. The van der Waals surface area contributed by atoms with Gasteiger partial charge < -0.3 is 5.32 Å². The lowest BCUT2D eigenvalue weighted by Crippen LogP contribution is -2.34. The lowest BCUT2D eigenvalue weighted by Gasteiger charge is -2.20. The zero-order chi connectivity index (χ0) is 15.9. The van der Waals surface area contributed by atoms with Gasteiger partial charge in [-0.1, -0.05) is 55.4 Å². The molecule has 0 bridgehead atoms. The summed E-state index contributed by atoms with van der Waals surface area (Å²) in [5.74, 6) is -0.00435. The number of thioether (sulfide) groups is 1. The fourth-order valence-electron chi connectivity index (χ4n) is 2.12. The number of carbonyl (C=O) groups is 1. The molecule has 1 heterocycles. The Labute approximate surface area is 134 Å². The largest absolute Gasteiger partial charge is 0.348 e. The Hall–Kier alpha value is -1.89. The Morgan fingerprint density at radius 2 is 2.09 bits per heavy atom. The first kappa shape index (κ1) is 16.5. The number of tetrazole rings is 1. The minimum atomic E-state index is -0.257. The van der Waals surface area contributed by atoms with E-state index in [-0.39, 0.29) is 17.2 Å². The number of aryl methyl sites for hydroxylation is 1. The monoisotopic (exact) mass is 319 g/mol. The van der Waals surface area contributed by atoms with Gasteiger partial charge in [0.1, 0.15) is 0 Å². The smallest absolute Gasteiger partial charge is 0.233 e. The molecule has 2 atom stereocenters. The normalized spacial score (nSPS) is 13.6. The standard InChI is InChI=1S/C15H21N5OS/c1-4-8-13(12-9-6-5-7-10-12)16-14(21)11(2)22-15-17-18-19-20(15)3/h5-7,9-11,13H,4,8H2,1-3H3,(H,16,21). The van der Waals surface area contributed by atoms with Gasteiger partial charge in [-0.2, -0.15) is 0 Å². The second-order valence-electron chi connectivity index (χ2n) is 5.11. The number of nitrogens with one attached hydrogen (secondary N) is 1. The number of carbonyl (C=O) groups excluding carboxylic acids is 1. The molecular formula is C15H21N5OS. The van der Waals surface area contributed by atoms with E-state index < -0.39 is 0 Å². The van der Waals surface area contributed by atoms with E-state index in [1.807, 2.05) is 37.3 Å². The van der Waals surface area contributed by atoms with E-state index >= 15 is 0 Å². The minimum Gasteiger partial charge on any atom is -0.348 e. The topological polar surface area (TPSA) is 72.7 Å². The Morgan fingerprint density at radius 1 is 1.36 bits per heavy atom. The molecule has 22 heavy (non-hydrogen) atoms. The van der Waals surface area contributed by atoms with Gasteiger partial charge in [0.2, 0.25) is 11.1 Å². The molecule has 0 radical (unpaired) electrons. The van der Waals surface area contributed by atoms with Crippen molar-refractivity contribution in [1.29, 1.82) is 0 Å². The molecule has 0 spiro atoms. The molecule has 0 saturated heterocycles. The summed E-state index contributed by atoms with van der Waals surface area (Å²) in [5, 5.41) is 14.8. The van der Waals surface area contributed by atoms with E-state index in [9.17, 15) is 4.79 Å². The van der Waals surface area contributed by atoms with Gasteiger partial charge >= 0.3 is 0 Å². The van der Waals surface area contributed by atoms with Gasteiger partial charge in [0.15, 0.2) is 0 Å². The third kappa shape index (κ3) is 4.30. The quantitative estimate of drug-likeness (QED) is 0.793. The molecule has 1 aromatic heterocycles. The summed E-state index contributed by atoms with van der Waals surface area (Å²) >= 11 is 1.36. The number of hydrogen-bond donors (Lipinski definition) is 1. The number of hydrogen-bond acceptors (Lipinski definition) is 5. The van der Waals surface area contributed by atoms with Crippen LogP contribution >= 0.6 is 11.8 Å². The fraction of sp³-hybridized carbons (Fsp3) is 0.467. The van der Waals surface area contributed by atoms with Crippen molar-refractivity contribution in [2.75, 3.05) is 0 Å². The highest BCUT2D eigenvalue weighted by atomic mass is 32.2. The second kappa shape index (κ2) is 7.93. The third-order valence-corrected chi connectivity index (χ3v) is 4.45. The summed E-state index contributed by atoms with van der Waals surface area (Å²) in [7, 11) is 1.76. The van der Waals surface area contributed by atoms with Crippen LogP contribution in [0.2, 0.25) is 0 Å². The molecule has 0 aliphatic heterocycles. The molecule has 6 nitrogen and oxygen atoms in total. The van der Waals surface area contributed by atoms with Crippen LogP contribution in [-0.2, 0) is 11.8 Å². The lowest BCUT2D eigenvalue weighted by atomic mass is 10.0. The van der Waals surface area contributed by atoms with Crippen molar-refractivity contribution in [3.63, 3.8) is 0 Å². The van der Waals surface area contributed by atoms with Gasteiger partial charge in [-0.3, -0.25) is 4.79 Å². The Balaban J connectivity index is 2.00. The van der Waals surface area contributed by atoms with E-state index in [1.54, 1.807) is 11.7 Å². The number of nitrogens with zero attached hydrogens (tertiary/aromatic N) is 4. The minimum absolute atomic E-state index is 0.00435. The number of rotatable bonds is 7. The maximum absolute atomic E-state index is 12.4. The van der Waals surface area contributed by atoms with Crippen LogP contribution in [-0.4, -0.2) is 31.4 Å². The van der Waals surface area contributed by atoms with Crippen molar-refractivity contribution in [2.24, 2.45) is 7.05 Å². The van der Waals surface area contributed by atoms with Crippen molar-refractivity contribution in [1.82, 2.24) is 25.5 Å². The van der Waals surface area contributed by atoms with Gasteiger partial charge in [0.05, 0.1) is 11.3 Å². The van der Waals surface area contributed by atoms with E-state index in [0.29, 0.717) is 5.16 Å². The summed E-state index contributed by atoms with van der Waals surface area (Å²) < 4.78 is 1.56. The third-order valence-electron chi connectivity index (χ3n) is 3.33. The fourth-order valence-corrected chi connectivity index (χ4v) is 2.88. The van der Waals surface area contributed by atoms with Crippen LogP contribution in [0.3, 0.4) is 0 Å². The van der Waals surface area contributed by atoms with Crippen LogP contribution in [0.25, 0.3) is 0 Å². The Bertz CT molecular complexity index is 601. The first-order chi connectivity index (χ1) is 10.6. The predicted octanol–water partition coefficient (Wildman–Crippen LogP) is 2.35. The maximum Gasteiger partial charge on any atom is 0.233 e. The highest BCUT2D eigenvalue weighted by Crippen LogP contribution is 2.22. The van der Waals surface area contributed by atoms with E-state index in [2.05, 4.69) is 27.8 Å². The van der Waals surface area contributed by atoms with Crippen LogP contribution < -0.4 is 5.32 Å². The summed E-state index contributed by atoms with van der Waals surface area (Å²) in [6.45, 7) is 3.98. The molecule has 0 fully saturated rings. The van der Waals surface area contributed by atoms with Crippen LogP contribution in [0, 0.1) is 0 Å². The number of aromatic nitrogens is 4. The molecule has 0 saturated carbocycles. The molecule has 0 aliphatic carbocycles. The molecule has 0 aliphatic rings. The highest BCUT2D eigenvalue weighted by Gasteiger charge is 2.21. The molecule has 2 aromatic rings. The zero-order valence-corrected chi connectivity index (χ0v) is 13.9. The number of benzene rings is 1. The van der Waals surface area contributed by atoms with Gasteiger partial charge in [-0.05, 0) is 29.3 Å². The van der Waals surface area contributed by atoms with Crippen LogP contribution in [0.5, 0.6) is 0 Å². The zero-order valence-electron chi connectivity index (χ0n) is 13.1. The molecule has 2 rings (SSSR count). The molecule has 2 unspecified atom stereocenters. The first-order valence-electron chi connectivity index (χ1n) is 7.36. The van der Waals surface area contributed by atoms with Crippen molar-refractivity contribution in [3.8, 4) is 0 Å². The average Bonchev–Trinajstić information content (AvgIpc) is 2.92. The molecular weight excluding hydrogens is 298 g/mol. The summed E-state index contributed by atoms with van der Waals surface area (Å²) in [5.41, 5.74) is 1.13. The van der Waals surface area contributed by atoms with Gasteiger partial charge in [0.25, 0.3) is 0 Å². The average molecular weight is 319 g/mol. The van der Waals surface area contributed by atoms with Gasteiger partial charge in [0, 0.05) is 7.05 Å². The van der Waals surface area contributed by atoms with Gasteiger partial charge in [-0.15, -0.1) is 5.10 Å². The van der Waals surface area contributed by atoms with E-state index in [4.69, 9.17) is 0 Å². The summed E-state index contributed by atoms with van der Waals surface area (Å²) in [6.07, 6.45) is 1.92. The van der Waals surface area contributed by atoms with E-state index in [1.165, 1.54) is 11.8 Å². The van der Waals surface area contributed by atoms with E-state index in [0.717, 1.165) is 18.4 Å². The predicted molar refractivity (Wildman–Crippen MR) is 86.4 cm³/mol. The lowest BCUT2D eigenvalue weighted by molar-refractivity contribution is -0.121. The van der Waals surface area contributed by atoms with Crippen molar-refractivity contribution in [2.45, 2.75) is 43.1 Å². The Kier molecular flexibility index (Phi) is 5.94. The molecule has 1 aromatic carbocycles. The molecule has 1 N–H and O–H groups in total. The molecule has 118 valence electrons. The van der Waals surface area contributed by atoms with Crippen molar-refractivity contribution in [3.05, 3.63) is 35.9 Å². The molecule has 7 heteroatoms. The maximum atomic E-state index is 12.4. The van der Waals surface area contributed by atoms with Crippen molar-refractivity contribution >= 4 is 17.7 Å². The van der Waals surface area contributed by atoms with Gasteiger partial charge in [-0.25, -0.2) is 4.68 Å². The van der Waals surface area contributed by atoms with Crippen LogP contribution in [0.4, 0.5) is 0 Å².